The van der Waals surface area contributed by atoms with Crippen LogP contribution in [-0.4, -0.2) is 46.2 Å². The SMILES string of the molecule is CCCCc1nc(Cl)c(C(=O)OC)n1Cc1ccc(NC(=O)[C@H](Cc2ccccc2)n2cccc2C(=O)OC)cc1. The fraction of sp³-hybridized carbons (Fsp3) is 0.290. The smallest absolute Gasteiger partial charge is 0.357 e. The number of amides is 1. The van der Waals surface area contributed by atoms with E-state index in [1.165, 1.54) is 14.2 Å². The molecule has 0 unspecified atom stereocenters. The highest BCUT2D eigenvalue weighted by Crippen LogP contribution is 2.24. The molecule has 41 heavy (non-hydrogen) atoms. The number of carbonyl (C=O) groups excluding carboxylic acids is 3. The molecule has 2 aromatic heterocycles. The first-order valence-corrected chi connectivity index (χ1v) is 13.8. The molecule has 1 amide bonds. The molecule has 0 bridgehead atoms. The van der Waals surface area contributed by atoms with Crippen molar-refractivity contribution in [3.8, 4) is 0 Å². The summed E-state index contributed by atoms with van der Waals surface area (Å²) in [6.07, 6.45) is 4.64. The summed E-state index contributed by atoms with van der Waals surface area (Å²) in [5, 5.41) is 3.10. The van der Waals surface area contributed by atoms with Crippen molar-refractivity contribution in [2.45, 2.75) is 45.2 Å². The Bertz CT molecular complexity index is 1490. The number of hydrogen-bond acceptors (Lipinski definition) is 6. The van der Waals surface area contributed by atoms with Gasteiger partial charge in [-0.1, -0.05) is 67.4 Å². The number of nitrogens with zero attached hydrogens (tertiary/aromatic N) is 3. The summed E-state index contributed by atoms with van der Waals surface area (Å²) in [6.45, 7) is 2.44. The monoisotopic (exact) mass is 576 g/mol. The summed E-state index contributed by atoms with van der Waals surface area (Å²) in [5.74, 6) is -0.630. The lowest BCUT2D eigenvalue weighted by molar-refractivity contribution is -0.119. The number of hydrogen-bond donors (Lipinski definition) is 1. The van der Waals surface area contributed by atoms with E-state index in [-0.39, 0.29) is 16.8 Å². The van der Waals surface area contributed by atoms with Gasteiger partial charge in [-0.25, -0.2) is 14.6 Å². The molecule has 0 aliphatic carbocycles. The maximum absolute atomic E-state index is 13.6. The van der Waals surface area contributed by atoms with Gasteiger partial charge in [-0.3, -0.25) is 4.79 Å². The number of anilines is 1. The zero-order valence-electron chi connectivity index (χ0n) is 23.3. The van der Waals surface area contributed by atoms with Gasteiger partial charge in [0.05, 0.1) is 14.2 Å². The van der Waals surface area contributed by atoms with Gasteiger partial charge in [-0.2, -0.15) is 0 Å². The highest BCUT2D eigenvalue weighted by atomic mass is 35.5. The minimum absolute atomic E-state index is 0.118. The maximum Gasteiger partial charge on any atom is 0.357 e. The van der Waals surface area contributed by atoms with Gasteiger partial charge in [-0.15, -0.1) is 0 Å². The maximum atomic E-state index is 13.6. The number of benzene rings is 2. The van der Waals surface area contributed by atoms with E-state index in [9.17, 15) is 14.4 Å². The second-order valence-corrected chi connectivity index (χ2v) is 9.89. The Morgan fingerprint density at radius 1 is 0.927 bits per heavy atom. The zero-order valence-corrected chi connectivity index (χ0v) is 24.1. The molecular weight excluding hydrogens is 544 g/mol. The third kappa shape index (κ3) is 7.05. The number of imidazole rings is 1. The van der Waals surface area contributed by atoms with E-state index < -0.39 is 18.0 Å². The quantitative estimate of drug-likeness (QED) is 0.216. The lowest BCUT2D eigenvalue weighted by atomic mass is 10.0. The predicted octanol–water partition coefficient (Wildman–Crippen LogP) is 5.72. The molecule has 214 valence electrons. The van der Waals surface area contributed by atoms with Crippen LogP contribution in [0, 0.1) is 0 Å². The molecule has 0 saturated carbocycles. The summed E-state index contributed by atoms with van der Waals surface area (Å²) in [6, 6.07) is 19.6. The van der Waals surface area contributed by atoms with Gasteiger partial charge in [0.25, 0.3) is 0 Å². The summed E-state index contributed by atoms with van der Waals surface area (Å²) < 4.78 is 13.3. The molecule has 10 heteroatoms. The van der Waals surface area contributed by atoms with Gasteiger partial charge in [-0.05, 0) is 41.8 Å². The average Bonchev–Trinajstić information content (AvgIpc) is 3.59. The van der Waals surface area contributed by atoms with Crippen LogP contribution in [-0.2, 0) is 33.7 Å². The number of ether oxygens (including phenoxy) is 2. The Labute approximate surface area is 244 Å². The molecule has 2 aromatic carbocycles. The van der Waals surface area contributed by atoms with Crippen LogP contribution in [0.25, 0.3) is 0 Å². The number of halogens is 1. The van der Waals surface area contributed by atoms with Gasteiger partial charge in [0.1, 0.15) is 17.6 Å². The lowest BCUT2D eigenvalue weighted by Gasteiger charge is -2.21. The number of aryl methyl sites for hydroxylation is 1. The van der Waals surface area contributed by atoms with Gasteiger partial charge in [0.2, 0.25) is 5.91 Å². The van der Waals surface area contributed by atoms with Crippen LogP contribution in [0.15, 0.2) is 72.9 Å². The van der Waals surface area contributed by atoms with Crippen LogP contribution in [0.4, 0.5) is 5.69 Å². The van der Waals surface area contributed by atoms with E-state index in [1.54, 1.807) is 39.6 Å². The second-order valence-electron chi connectivity index (χ2n) is 9.53. The first-order chi connectivity index (χ1) is 19.9. The van der Waals surface area contributed by atoms with Crippen molar-refractivity contribution in [3.63, 3.8) is 0 Å². The standard InChI is InChI=1S/C31H33ClN4O5/c1-4-5-13-26-34-28(32)27(31(39)41-3)36(26)20-22-14-16-23(17-15-22)33-29(37)25(19-21-10-7-6-8-11-21)35-18-9-12-24(35)30(38)40-2/h6-12,14-18,25H,4-5,13,19-20H2,1-3H3,(H,33,37)/t25-/m0/s1. The molecule has 0 aliphatic heterocycles. The van der Waals surface area contributed by atoms with E-state index in [1.807, 2.05) is 42.5 Å². The third-order valence-corrected chi connectivity index (χ3v) is 7.05. The van der Waals surface area contributed by atoms with Gasteiger partial charge in [0.15, 0.2) is 10.8 Å². The first-order valence-electron chi connectivity index (χ1n) is 13.4. The van der Waals surface area contributed by atoms with E-state index in [0.717, 1.165) is 24.0 Å². The van der Waals surface area contributed by atoms with Crippen LogP contribution >= 0.6 is 11.6 Å². The fourth-order valence-corrected chi connectivity index (χ4v) is 4.93. The van der Waals surface area contributed by atoms with Gasteiger partial charge < -0.3 is 23.9 Å². The molecular formula is C31H33ClN4O5. The Kier molecular flexibility index (Phi) is 9.97. The number of methoxy groups -OCH3 is 2. The minimum Gasteiger partial charge on any atom is -0.464 e. The van der Waals surface area contributed by atoms with Gasteiger partial charge >= 0.3 is 11.9 Å². The molecule has 0 aliphatic rings. The minimum atomic E-state index is -0.696. The predicted molar refractivity (Wildman–Crippen MR) is 156 cm³/mol. The van der Waals surface area contributed by atoms with Crippen LogP contribution < -0.4 is 5.32 Å². The molecule has 0 fully saturated rings. The van der Waals surface area contributed by atoms with Crippen LogP contribution in [0.5, 0.6) is 0 Å². The number of unbranched alkanes of at least 4 members (excludes halogenated alkanes) is 1. The summed E-state index contributed by atoms with van der Waals surface area (Å²) in [5.41, 5.74) is 2.94. The van der Waals surface area contributed by atoms with Crippen LogP contribution in [0.2, 0.25) is 5.15 Å². The lowest BCUT2D eigenvalue weighted by Crippen LogP contribution is -2.29. The molecule has 0 saturated heterocycles. The molecule has 0 spiro atoms. The largest absolute Gasteiger partial charge is 0.464 e. The Balaban J connectivity index is 1.56. The van der Waals surface area contributed by atoms with Crippen molar-refractivity contribution >= 4 is 35.1 Å². The number of rotatable bonds is 12. The number of aromatic nitrogens is 3. The van der Waals surface area contributed by atoms with Crippen LogP contribution in [0.3, 0.4) is 0 Å². The molecule has 4 aromatic rings. The van der Waals surface area contributed by atoms with E-state index >= 15 is 0 Å². The van der Waals surface area contributed by atoms with Gasteiger partial charge in [0, 0.05) is 31.3 Å². The van der Waals surface area contributed by atoms with E-state index in [2.05, 4.69) is 17.2 Å². The van der Waals surface area contributed by atoms with Crippen molar-refractivity contribution in [3.05, 3.63) is 106 Å². The number of nitrogens with one attached hydrogen (secondary N) is 1. The second kappa shape index (κ2) is 13.8. The van der Waals surface area contributed by atoms with E-state index in [0.29, 0.717) is 36.6 Å². The summed E-state index contributed by atoms with van der Waals surface area (Å²) in [4.78, 5) is 42.8. The van der Waals surface area contributed by atoms with Crippen molar-refractivity contribution in [1.29, 1.82) is 0 Å². The highest BCUT2D eigenvalue weighted by Gasteiger charge is 2.26. The Morgan fingerprint density at radius 2 is 1.63 bits per heavy atom. The first kappa shape index (κ1) is 29.6. The highest BCUT2D eigenvalue weighted by molar-refractivity contribution is 6.32. The topological polar surface area (TPSA) is 104 Å². The van der Waals surface area contributed by atoms with Crippen LogP contribution in [0.1, 0.15) is 63.7 Å². The zero-order chi connectivity index (χ0) is 29.4. The molecule has 1 N–H and O–H groups in total. The van der Waals surface area contributed by atoms with Crippen molar-refractivity contribution < 1.29 is 23.9 Å². The Hall–Kier alpha value is -4.37. The normalized spacial score (nSPS) is 11.6. The van der Waals surface area contributed by atoms with Crippen molar-refractivity contribution in [2.75, 3.05) is 19.5 Å². The summed E-state index contributed by atoms with van der Waals surface area (Å²) >= 11 is 6.31. The third-order valence-electron chi connectivity index (χ3n) is 6.78. The van der Waals surface area contributed by atoms with Crippen molar-refractivity contribution in [2.24, 2.45) is 0 Å². The molecule has 9 nitrogen and oxygen atoms in total. The fourth-order valence-electron chi connectivity index (χ4n) is 4.65. The molecule has 2 heterocycles. The number of esters is 2. The molecule has 1 atom stereocenters. The van der Waals surface area contributed by atoms with E-state index in [4.69, 9.17) is 21.1 Å². The summed E-state index contributed by atoms with van der Waals surface area (Å²) in [7, 11) is 2.62. The number of carbonyl (C=O) groups is 3. The van der Waals surface area contributed by atoms with Crippen molar-refractivity contribution in [1.82, 2.24) is 14.1 Å². The Morgan fingerprint density at radius 3 is 2.29 bits per heavy atom. The average molecular weight is 577 g/mol. The molecule has 0 radical (unpaired) electrons. The molecule has 4 rings (SSSR count).